The minimum atomic E-state index is -0.372. The first-order valence-corrected chi connectivity index (χ1v) is 9.50. The van der Waals surface area contributed by atoms with Crippen LogP contribution in [0.1, 0.15) is 27.2 Å². The molecule has 0 aliphatic heterocycles. The van der Waals surface area contributed by atoms with E-state index in [9.17, 15) is 9.18 Å². The fraction of sp³-hybridized carbons (Fsp3) is 0.0833. The van der Waals surface area contributed by atoms with Crippen LogP contribution in [0.25, 0.3) is 10.9 Å². The van der Waals surface area contributed by atoms with Crippen LogP contribution in [0, 0.1) is 24.1 Å². The fourth-order valence-corrected chi connectivity index (χ4v) is 3.20. The number of aromatic nitrogens is 2. The van der Waals surface area contributed by atoms with Crippen LogP contribution in [0.4, 0.5) is 4.39 Å². The number of nitrogens with zero attached hydrogens (tertiary/aromatic N) is 3. The summed E-state index contributed by atoms with van der Waals surface area (Å²) in [6, 6.07) is 16.6. The first-order chi connectivity index (χ1) is 15.0. The molecule has 0 fully saturated rings. The average Bonchev–Trinajstić information content (AvgIpc) is 2.79. The number of halogens is 1. The SMILES string of the molecule is Cc1c(Oc2ccnc3cc(F)ccc23)cccc1C(=O)NCc1ccnc(C#N)c1. The average molecular weight is 412 g/mol. The topological polar surface area (TPSA) is 87.9 Å². The van der Waals surface area contributed by atoms with Gasteiger partial charge in [0.15, 0.2) is 0 Å². The second-order valence-electron chi connectivity index (χ2n) is 6.85. The highest BCUT2D eigenvalue weighted by atomic mass is 19.1. The minimum Gasteiger partial charge on any atom is -0.456 e. The fourth-order valence-electron chi connectivity index (χ4n) is 3.20. The number of hydrogen-bond donors (Lipinski definition) is 1. The standard InChI is InChI=1S/C24H17FN4O2/c1-15-19(24(30)29-14-16-7-9-27-18(11-16)13-26)3-2-4-22(15)31-23-8-10-28-21-12-17(25)5-6-20(21)23/h2-12H,14H2,1H3,(H,29,30). The van der Waals surface area contributed by atoms with Crippen LogP contribution in [0.3, 0.4) is 0 Å². The highest BCUT2D eigenvalue weighted by Gasteiger charge is 2.14. The van der Waals surface area contributed by atoms with Gasteiger partial charge in [0.05, 0.1) is 5.52 Å². The van der Waals surface area contributed by atoms with Gasteiger partial charge in [-0.05, 0) is 55.0 Å². The van der Waals surface area contributed by atoms with Crippen LogP contribution < -0.4 is 10.1 Å². The van der Waals surface area contributed by atoms with Gasteiger partial charge in [-0.25, -0.2) is 9.37 Å². The Balaban J connectivity index is 1.56. The van der Waals surface area contributed by atoms with Gasteiger partial charge in [0.25, 0.3) is 5.91 Å². The smallest absolute Gasteiger partial charge is 0.251 e. The molecule has 2 aromatic heterocycles. The quantitative estimate of drug-likeness (QED) is 0.515. The zero-order valence-corrected chi connectivity index (χ0v) is 16.6. The van der Waals surface area contributed by atoms with E-state index < -0.39 is 0 Å². The molecule has 1 N–H and O–H groups in total. The number of rotatable bonds is 5. The number of carbonyl (C=O) groups excluding carboxylic acids is 1. The number of amides is 1. The molecular formula is C24H17FN4O2. The van der Waals surface area contributed by atoms with Crippen LogP contribution >= 0.6 is 0 Å². The van der Waals surface area contributed by atoms with E-state index in [1.165, 1.54) is 18.3 Å². The van der Waals surface area contributed by atoms with Gasteiger partial charge in [-0.3, -0.25) is 9.78 Å². The lowest BCUT2D eigenvalue weighted by Crippen LogP contribution is -2.23. The summed E-state index contributed by atoms with van der Waals surface area (Å²) in [6.45, 7) is 2.06. The molecule has 0 atom stereocenters. The van der Waals surface area contributed by atoms with Crippen LogP contribution in [0.2, 0.25) is 0 Å². The van der Waals surface area contributed by atoms with Crippen molar-refractivity contribution >= 4 is 16.8 Å². The third kappa shape index (κ3) is 4.33. The van der Waals surface area contributed by atoms with Crippen molar-refractivity contribution < 1.29 is 13.9 Å². The summed E-state index contributed by atoms with van der Waals surface area (Å²) in [5.74, 6) is 0.398. The molecule has 7 heteroatoms. The lowest BCUT2D eigenvalue weighted by Gasteiger charge is -2.14. The molecule has 6 nitrogen and oxygen atoms in total. The molecular weight excluding hydrogens is 395 g/mol. The highest BCUT2D eigenvalue weighted by molar-refractivity contribution is 5.96. The molecule has 0 bridgehead atoms. The van der Waals surface area contributed by atoms with Crippen molar-refractivity contribution in [2.75, 3.05) is 0 Å². The molecule has 0 spiro atoms. The zero-order chi connectivity index (χ0) is 21.8. The molecule has 0 aliphatic carbocycles. The van der Waals surface area contributed by atoms with Gasteiger partial charge < -0.3 is 10.1 Å². The predicted molar refractivity (Wildman–Crippen MR) is 113 cm³/mol. The molecule has 1 amide bonds. The van der Waals surface area contributed by atoms with E-state index in [2.05, 4.69) is 15.3 Å². The maximum Gasteiger partial charge on any atom is 0.251 e. The van der Waals surface area contributed by atoms with Crippen molar-refractivity contribution in [1.29, 1.82) is 5.26 Å². The van der Waals surface area contributed by atoms with E-state index in [1.54, 1.807) is 55.6 Å². The van der Waals surface area contributed by atoms with Gasteiger partial charge in [-0.15, -0.1) is 0 Å². The van der Waals surface area contributed by atoms with Crippen LogP contribution in [-0.2, 0) is 6.54 Å². The number of benzene rings is 2. The third-order valence-corrected chi connectivity index (χ3v) is 4.81. The van der Waals surface area contributed by atoms with Crippen molar-refractivity contribution in [3.63, 3.8) is 0 Å². The number of ether oxygens (including phenoxy) is 1. The van der Waals surface area contributed by atoms with E-state index in [1.807, 2.05) is 6.07 Å². The normalized spacial score (nSPS) is 10.5. The largest absolute Gasteiger partial charge is 0.456 e. The highest BCUT2D eigenvalue weighted by Crippen LogP contribution is 2.32. The Labute approximate surface area is 178 Å². The van der Waals surface area contributed by atoms with E-state index in [-0.39, 0.29) is 18.3 Å². The molecule has 0 radical (unpaired) electrons. The summed E-state index contributed by atoms with van der Waals surface area (Å²) in [7, 11) is 0. The number of nitrogens with one attached hydrogen (secondary N) is 1. The molecule has 4 aromatic rings. The van der Waals surface area contributed by atoms with E-state index in [0.29, 0.717) is 39.2 Å². The van der Waals surface area contributed by atoms with Crippen LogP contribution in [0.15, 0.2) is 67.0 Å². The molecule has 31 heavy (non-hydrogen) atoms. The Bertz CT molecular complexity index is 1330. The molecule has 0 aliphatic rings. The summed E-state index contributed by atoms with van der Waals surface area (Å²) in [5, 5.41) is 12.5. The maximum absolute atomic E-state index is 13.5. The number of carbonyl (C=O) groups is 1. The Morgan fingerprint density at radius 1 is 1.10 bits per heavy atom. The summed E-state index contributed by atoms with van der Waals surface area (Å²) < 4.78 is 19.6. The monoisotopic (exact) mass is 412 g/mol. The Kier molecular flexibility index (Phi) is 5.54. The summed E-state index contributed by atoms with van der Waals surface area (Å²) in [6.07, 6.45) is 3.08. The Hall–Kier alpha value is -4.31. The Morgan fingerprint density at radius 3 is 2.77 bits per heavy atom. The third-order valence-electron chi connectivity index (χ3n) is 4.81. The molecule has 0 unspecified atom stereocenters. The van der Waals surface area contributed by atoms with Gasteiger partial charge in [0, 0.05) is 41.5 Å². The van der Waals surface area contributed by atoms with Gasteiger partial charge in [-0.2, -0.15) is 5.26 Å². The first-order valence-electron chi connectivity index (χ1n) is 9.50. The molecule has 2 heterocycles. The van der Waals surface area contributed by atoms with Gasteiger partial charge >= 0.3 is 0 Å². The van der Waals surface area contributed by atoms with E-state index >= 15 is 0 Å². The van der Waals surface area contributed by atoms with Gasteiger partial charge in [0.2, 0.25) is 0 Å². The van der Waals surface area contributed by atoms with E-state index in [0.717, 1.165) is 5.56 Å². The van der Waals surface area contributed by atoms with Crippen molar-refractivity contribution in [3.8, 4) is 17.6 Å². The van der Waals surface area contributed by atoms with Crippen molar-refractivity contribution in [2.24, 2.45) is 0 Å². The second kappa shape index (κ2) is 8.59. The lowest BCUT2D eigenvalue weighted by atomic mass is 10.1. The molecule has 0 saturated carbocycles. The number of fused-ring (bicyclic) bond motifs is 1. The van der Waals surface area contributed by atoms with Gasteiger partial charge in [0.1, 0.15) is 29.1 Å². The number of hydrogen-bond acceptors (Lipinski definition) is 5. The van der Waals surface area contributed by atoms with E-state index in [4.69, 9.17) is 10.00 Å². The lowest BCUT2D eigenvalue weighted by molar-refractivity contribution is 0.0950. The molecule has 0 saturated heterocycles. The summed E-state index contributed by atoms with van der Waals surface area (Å²) in [4.78, 5) is 20.8. The molecule has 2 aromatic carbocycles. The van der Waals surface area contributed by atoms with Crippen molar-refractivity contribution in [2.45, 2.75) is 13.5 Å². The van der Waals surface area contributed by atoms with Crippen LogP contribution in [0.5, 0.6) is 11.5 Å². The number of pyridine rings is 2. The predicted octanol–water partition coefficient (Wildman–Crippen LogP) is 4.67. The van der Waals surface area contributed by atoms with Gasteiger partial charge in [-0.1, -0.05) is 6.07 Å². The molecule has 4 rings (SSSR count). The summed E-state index contributed by atoms with van der Waals surface area (Å²) in [5.41, 5.74) is 2.69. The Morgan fingerprint density at radius 2 is 1.94 bits per heavy atom. The van der Waals surface area contributed by atoms with Crippen molar-refractivity contribution in [3.05, 3.63) is 95.2 Å². The maximum atomic E-state index is 13.5. The summed E-state index contributed by atoms with van der Waals surface area (Å²) >= 11 is 0. The second-order valence-corrected chi connectivity index (χ2v) is 6.85. The van der Waals surface area contributed by atoms with Crippen molar-refractivity contribution in [1.82, 2.24) is 15.3 Å². The van der Waals surface area contributed by atoms with Crippen LogP contribution in [-0.4, -0.2) is 15.9 Å². The minimum absolute atomic E-state index is 0.264. The zero-order valence-electron chi connectivity index (χ0n) is 16.6. The first kappa shape index (κ1) is 20.0. The number of nitriles is 1. The molecule has 152 valence electrons.